The molecule has 35 heavy (non-hydrogen) atoms. The summed E-state index contributed by atoms with van der Waals surface area (Å²) in [5, 5.41) is 1.18. The standard InChI is InChI=1S/C23H25Cl2FN4O4S/c1-15(31)30-10-8-29(9-11-30)7-2-12-34-16-3-6-21(19(26)13-16)35(32,33)28-20-5-4-17(24)22-18(25)14-27-23(20)22/h3-6,13-14,27-28H,2,7-12H2,1H3. The SMILES string of the molecule is CC(=O)N1CCN(CCCOc2ccc(S(=O)(=O)Nc3ccc(Cl)c4c(Cl)c[nH]c34)c(F)c2)CC1. The van der Waals surface area contributed by atoms with Gasteiger partial charge in [0.2, 0.25) is 5.91 Å². The zero-order valence-electron chi connectivity index (χ0n) is 19.0. The molecule has 1 fully saturated rings. The fourth-order valence-electron chi connectivity index (χ4n) is 4.01. The number of hydrogen-bond acceptors (Lipinski definition) is 5. The Balaban J connectivity index is 1.35. The van der Waals surface area contributed by atoms with Crippen LogP contribution in [0, 0.1) is 5.82 Å². The van der Waals surface area contributed by atoms with Gasteiger partial charge in [0.05, 0.1) is 27.9 Å². The molecule has 2 N–H and O–H groups in total. The van der Waals surface area contributed by atoms with Crippen molar-refractivity contribution in [2.24, 2.45) is 0 Å². The number of sulfonamides is 1. The topological polar surface area (TPSA) is 94.7 Å². The summed E-state index contributed by atoms with van der Waals surface area (Å²) in [6.07, 6.45) is 2.21. The number of aromatic nitrogens is 1. The molecule has 2 aromatic carbocycles. The van der Waals surface area contributed by atoms with E-state index in [1.165, 1.54) is 30.5 Å². The third-order valence-corrected chi connectivity index (χ3v) is 7.89. The molecule has 0 atom stereocenters. The van der Waals surface area contributed by atoms with Crippen molar-refractivity contribution < 1.29 is 22.3 Å². The van der Waals surface area contributed by atoms with E-state index in [0.29, 0.717) is 47.1 Å². The number of halogens is 3. The van der Waals surface area contributed by atoms with Crippen molar-refractivity contribution in [3.63, 3.8) is 0 Å². The van der Waals surface area contributed by atoms with E-state index in [0.717, 1.165) is 25.7 Å². The summed E-state index contributed by atoms with van der Waals surface area (Å²) in [4.78, 5) is 17.8. The Morgan fingerprint density at radius 3 is 2.57 bits per heavy atom. The molecule has 0 saturated carbocycles. The van der Waals surface area contributed by atoms with Gasteiger partial charge in [-0.05, 0) is 30.7 Å². The van der Waals surface area contributed by atoms with Gasteiger partial charge < -0.3 is 14.6 Å². The van der Waals surface area contributed by atoms with Gasteiger partial charge in [-0.25, -0.2) is 12.8 Å². The molecule has 0 unspecified atom stereocenters. The number of nitrogens with zero attached hydrogens (tertiary/aromatic N) is 2. The predicted octanol–water partition coefficient (Wildman–Crippen LogP) is 4.35. The lowest BCUT2D eigenvalue weighted by atomic mass is 10.2. The lowest BCUT2D eigenvalue weighted by Crippen LogP contribution is -2.48. The van der Waals surface area contributed by atoms with E-state index in [9.17, 15) is 17.6 Å². The summed E-state index contributed by atoms with van der Waals surface area (Å²) in [7, 11) is -4.23. The number of nitrogens with one attached hydrogen (secondary N) is 2. The number of rotatable bonds is 8. The van der Waals surface area contributed by atoms with E-state index in [1.54, 1.807) is 6.92 Å². The first-order chi connectivity index (χ1) is 16.7. The lowest BCUT2D eigenvalue weighted by Gasteiger charge is -2.34. The van der Waals surface area contributed by atoms with Gasteiger partial charge >= 0.3 is 0 Å². The number of aromatic amines is 1. The molecule has 8 nitrogen and oxygen atoms in total. The highest BCUT2D eigenvalue weighted by Gasteiger charge is 2.22. The highest BCUT2D eigenvalue weighted by Crippen LogP contribution is 2.35. The van der Waals surface area contributed by atoms with E-state index in [2.05, 4.69) is 14.6 Å². The number of carbonyl (C=O) groups excluding carboxylic acids is 1. The number of anilines is 1. The molecule has 12 heteroatoms. The Hall–Kier alpha value is -2.53. The van der Waals surface area contributed by atoms with Gasteiger partial charge in [0.25, 0.3) is 10.0 Å². The maximum Gasteiger partial charge on any atom is 0.264 e. The number of ether oxygens (including phenoxy) is 1. The second-order valence-electron chi connectivity index (χ2n) is 8.23. The van der Waals surface area contributed by atoms with Crippen molar-refractivity contribution >= 4 is 55.7 Å². The maximum absolute atomic E-state index is 14.7. The van der Waals surface area contributed by atoms with Crippen molar-refractivity contribution in [3.05, 3.63) is 52.4 Å². The first-order valence-electron chi connectivity index (χ1n) is 11.0. The Kier molecular flexibility index (Phi) is 7.75. The van der Waals surface area contributed by atoms with Crippen LogP contribution in [0.4, 0.5) is 10.1 Å². The van der Waals surface area contributed by atoms with E-state index < -0.39 is 20.7 Å². The van der Waals surface area contributed by atoms with E-state index in [-0.39, 0.29) is 17.3 Å². The number of benzene rings is 2. The molecule has 1 aromatic heterocycles. The molecule has 0 aliphatic carbocycles. The van der Waals surface area contributed by atoms with Gasteiger partial charge in [-0.2, -0.15) is 0 Å². The number of H-pyrrole nitrogens is 1. The van der Waals surface area contributed by atoms with Crippen molar-refractivity contribution in [3.8, 4) is 5.75 Å². The first kappa shape index (κ1) is 25.6. The normalized spacial score (nSPS) is 14.9. The molecule has 1 amide bonds. The van der Waals surface area contributed by atoms with Crippen LogP contribution in [0.5, 0.6) is 5.75 Å². The van der Waals surface area contributed by atoms with Gasteiger partial charge in [0, 0.05) is 57.3 Å². The van der Waals surface area contributed by atoms with Crippen LogP contribution in [0.2, 0.25) is 10.0 Å². The van der Waals surface area contributed by atoms with Gasteiger partial charge in [0.15, 0.2) is 0 Å². The fraction of sp³-hybridized carbons (Fsp3) is 0.348. The smallest absolute Gasteiger partial charge is 0.264 e. The summed E-state index contributed by atoms with van der Waals surface area (Å²) in [6, 6.07) is 6.64. The Labute approximate surface area is 213 Å². The molecular formula is C23H25Cl2FN4O4S. The number of carbonyl (C=O) groups is 1. The molecule has 1 aliphatic rings. The zero-order valence-corrected chi connectivity index (χ0v) is 21.3. The monoisotopic (exact) mass is 542 g/mol. The number of fused-ring (bicyclic) bond motifs is 1. The molecule has 2 heterocycles. The van der Waals surface area contributed by atoms with Crippen molar-refractivity contribution in [2.75, 3.05) is 44.1 Å². The molecular weight excluding hydrogens is 518 g/mol. The van der Waals surface area contributed by atoms with Crippen LogP contribution in [0.25, 0.3) is 10.9 Å². The molecule has 1 saturated heterocycles. The van der Waals surface area contributed by atoms with Crippen LogP contribution in [0.1, 0.15) is 13.3 Å². The fourth-order valence-corrected chi connectivity index (χ4v) is 5.70. The van der Waals surface area contributed by atoms with Crippen molar-refractivity contribution in [2.45, 2.75) is 18.2 Å². The van der Waals surface area contributed by atoms with Crippen LogP contribution >= 0.6 is 23.2 Å². The van der Waals surface area contributed by atoms with Crippen LogP contribution in [0.3, 0.4) is 0 Å². The molecule has 1 aliphatic heterocycles. The molecule has 0 bridgehead atoms. The Bertz CT molecular complexity index is 1340. The van der Waals surface area contributed by atoms with Crippen LogP contribution < -0.4 is 9.46 Å². The number of hydrogen-bond donors (Lipinski definition) is 2. The zero-order chi connectivity index (χ0) is 25.2. The summed E-state index contributed by atoms with van der Waals surface area (Å²) >= 11 is 12.3. The van der Waals surface area contributed by atoms with Crippen molar-refractivity contribution in [1.82, 2.24) is 14.8 Å². The second-order valence-corrected chi connectivity index (χ2v) is 10.7. The first-order valence-corrected chi connectivity index (χ1v) is 13.3. The third kappa shape index (κ3) is 5.83. The highest BCUT2D eigenvalue weighted by molar-refractivity contribution is 7.92. The highest BCUT2D eigenvalue weighted by atomic mass is 35.5. The third-order valence-electron chi connectivity index (χ3n) is 5.88. The van der Waals surface area contributed by atoms with Gasteiger partial charge in [0.1, 0.15) is 16.5 Å². The maximum atomic E-state index is 14.7. The predicted molar refractivity (Wildman–Crippen MR) is 134 cm³/mol. The summed E-state index contributed by atoms with van der Waals surface area (Å²) in [5.74, 6) is -0.594. The van der Waals surface area contributed by atoms with Gasteiger partial charge in [-0.3, -0.25) is 14.4 Å². The second kappa shape index (κ2) is 10.6. The largest absolute Gasteiger partial charge is 0.493 e. The lowest BCUT2D eigenvalue weighted by molar-refractivity contribution is -0.130. The number of amides is 1. The average Bonchev–Trinajstić information content (AvgIpc) is 3.21. The van der Waals surface area contributed by atoms with Crippen molar-refractivity contribution in [1.29, 1.82) is 0 Å². The van der Waals surface area contributed by atoms with E-state index in [4.69, 9.17) is 27.9 Å². The quantitative estimate of drug-likeness (QED) is 0.412. The minimum Gasteiger partial charge on any atom is -0.493 e. The summed E-state index contributed by atoms with van der Waals surface area (Å²) in [5.41, 5.74) is 0.592. The average molecular weight is 543 g/mol. The molecule has 4 rings (SSSR count). The molecule has 3 aromatic rings. The Morgan fingerprint density at radius 2 is 1.89 bits per heavy atom. The number of piperazine rings is 1. The Morgan fingerprint density at radius 1 is 1.14 bits per heavy atom. The molecule has 0 spiro atoms. The summed E-state index contributed by atoms with van der Waals surface area (Å²) < 4.78 is 48.5. The van der Waals surface area contributed by atoms with Crippen LogP contribution in [-0.4, -0.2) is 68.4 Å². The van der Waals surface area contributed by atoms with E-state index >= 15 is 0 Å². The van der Waals surface area contributed by atoms with E-state index in [1.807, 2.05) is 4.90 Å². The summed E-state index contributed by atoms with van der Waals surface area (Å²) in [6.45, 7) is 5.76. The minimum absolute atomic E-state index is 0.0887. The molecule has 0 radical (unpaired) electrons. The molecule has 188 valence electrons. The van der Waals surface area contributed by atoms with Crippen LogP contribution in [0.15, 0.2) is 41.4 Å². The van der Waals surface area contributed by atoms with Crippen LogP contribution in [-0.2, 0) is 14.8 Å². The van der Waals surface area contributed by atoms with Gasteiger partial charge in [-0.15, -0.1) is 0 Å². The van der Waals surface area contributed by atoms with Gasteiger partial charge in [-0.1, -0.05) is 23.2 Å². The minimum atomic E-state index is -4.23.